The Labute approximate surface area is 153 Å². The molecule has 0 bridgehead atoms. The lowest BCUT2D eigenvalue weighted by Crippen LogP contribution is -2.15. The Bertz CT molecular complexity index is 791. The largest absolute Gasteiger partial charge is 0.457 e. The number of hydrogen-bond donors (Lipinski definition) is 1. The van der Waals surface area contributed by atoms with Gasteiger partial charge in [0.25, 0.3) is 0 Å². The van der Waals surface area contributed by atoms with E-state index < -0.39 is 0 Å². The van der Waals surface area contributed by atoms with Crippen molar-refractivity contribution in [3.05, 3.63) is 95.0 Å². The van der Waals surface area contributed by atoms with E-state index in [1.165, 1.54) is 0 Å². The van der Waals surface area contributed by atoms with Crippen LogP contribution in [-0.4, -0.2) is 6.54 Å². The number of hydrogen-bond acceptors (Lipinski definition) is 3. The van der Waals surface area contributed by atoms with Crippen molar-refractivity contribution < 1.29 is 9.47 Å². The smallest absolute Gasteiger partial charge is 0.127 e. The van der Waals surface area contributed by atoms with Crippen LogP contribution in [0.5, 0.6) is 11.5 Å². The second-order valence-electron chi connectivity index (χ2n) is 5.65. The van der Waals surface area contributed by atoms with Crippen LogP contribution >= 0.6 is 11.6 Å². The summed E-state index contributed by atoms with van der Waals surface area (Å²) in [5, 5.41) is 0.682. The molecule has 3 rings (SSSR count). The van der Waals surface area contributed by atoms with Crippen molar-refractivity contribution >= 4 is 11.6 Å². The van der Waals surface area contributed by atoms with Gasteiger partial charge in [0.15, 0.2) is 0 Å². The van der Waals surface area contributed by atoms with Gasteiger partial charge < -0.3 is 15.2 Å². The Hall–Kier alpha value is -2.33. The maximum atomic E-state index is 6.04. The predicted octanol–water partition coefficient (Wildman–Crippen LogP) is 5.35. The van der Waals surface area contributed by atoms with Gasteiger partial charge in [0.2, 0.25) is 0 Å². The van der Waals surface area contributed by atoms with E-state index in [1.54, 1.807) is 0 Å². The Kier molecular flexibility index (Phi) is 6.07. The second-order valence-corrected chi connectivity index (χ2v) is 6.09. The van der Waals surface area contributed by atoms with Crippen molar-refractivity contribution in [3.63, 3.8) is 0 Å². The second kappa shape index (κ2) is 8.67. The van der Waals surface area contributed by atoms with E-state index in [4.69, 9.17) is 26.8 Å². The van der Waals surface area contributed by atoms with Gasteiger partial charge >= 0.3 is 0 Å². The molecule has 3 aromatic rings. The first kappa shape index (κ1) is 17.5. The first-order chi connectivity index (χ1) is 12.2. The van der Waals surface area contributed by atoms with Crippen molar-refractivity contribution in [2.45, 2.75) is 12.7 Å². The summed E-state index contributed by atoms with van der Waals surface area (Å²) in [5.41, 5.74) is 7.88. The highest BCUT2D eigenvalue weighted by Crippen LogP contribution is 2.24. The van der Waals surface area contributed by atoms with Crippen LogP contribution in [0.1, 0.15) is 17.2 Å². The van der Waals surface area contributed by atoms with E-state index in [2.05, 4.69) is 0 Å². The number of rotatable bonds is 7. The molecule has 2 N–H and O–H groups in total. The van der Waals surface area contributed by atoms with Crippen LogP contribution in [-0.2, 0) is 11.3 Å². The molecule has 0 aromatic heterocycles. The zero-order valence-electron chi connectivity index (χ0n) is 13.8. The van der Waals surface area contributed by atoms with E-state index in [1.807, 2.05) is 78.9 Å². The molecular weight excluding hydrogens is 334 g/mol. The highest BCUT2D eigenvalue weighted by atomic mass is 35.5. The predicted molar refractivity (Wildman–Crippen MR) is 101 cm³/mol. The van der Waals surface area contributed by atoms with Crippen molar-refractivity contribution in [1.29, 1.82) is 0 Å². The fraction of sp³-hybridized carbons (Fsp3) is 0.143. The first-order valence-corrected chi connectivity index (χ1v) is 8.51. The number of benzene rings is 3. The summed E-state index contributed by atoms with van der Waals surface area (Å²) in [6, 6.07) is 25.1. The van der Waals surface area contributed by atoms with Crippen molar-refractivity contribution in [1.82, 2.24) is 0 Å². The summed E-state index contributed by atoms with van der Waals surface area (Å²) in [5.74, 6) is 1.61. The average Bonchev–Trinajstić information content (AvgIpc) is 2.64. The minimum atomic E-state index is -0.182. The van der Waals surface area contributed by atoms with Crippen LogP contribution < -0.4 is 10.5 Å². The summed E-state index contributed by atoms with van der Waals surface area (Å²) in [4.78, 5) is 0. The first-order valence-electron chi connectivity index (χ1n) is 8.13. The Morgan fingerprint density at radius 1 is 0.840 bits per heavy atom. The van der Waals surface area contributed by atoms with Crippen LogP contribution in [0.25, 0.3) is 0 Å². The third kappa shape index (κ3) is 5.07. The minimum absolute atomic E-state index is 0.182. The van der Waals surface area contributed by atoms with Crippen LogP contribution in [0.3, 0.4) is 0 Å². The third-order valence-corrected chi connectivity index (χ3v) is 4.02. The summed E-state index contributed by atoms with van der Waals surface area (Å²) < 4.78 is 11.7. The van der Waals surface area contributed by atoms with Crippen molar-refractivity contribution in [2.75, 3.05) is 6.54 Å². The molecule has 3 nitrogen and oxygen atoms in total. The van der Waals surface area contributed by atoms with Gasteiger partial charge in [0.1, 0.15) is 11.5 Å². The van der Waals surface area contributed by atoms with E-state index in [0.29, 0.717) is 18.2 Å². The van der Waals surface area contributed by atoms with E-state index in [-0.39, 0.29) is 6.10 Å². The molecule has 128 valence electrons. The lowest BCUT2D eigenvalue weighted by Gasteiger charge is -2.17. The Balaban J connectivity index is 1.59. The third-order valence-electron chi connectivity index (χ3n) is 3.79. The minimum Gasteiger partial charge on any atom is -0.457 e. The standard InChI is InChI=1S/C21H20ClNO2/c22-18-6-4-5-17(13-18)21(14-23)24-15-16-9-11-20(12-10-16)25-19-7-2-1-3-8-19/h1-13,21H,14-15,23H2/t21-/m0/s1. The van der Waals surface area contributed by atoms with Gasteiger partial charge in [-0.2, -0.15) is 0 Å². The van der Waals surface area contributed by atoms with Crippen LogP contribution in [0.15, 0.2) is 78.9 Å². The quantitative estimate of drug-likeness (QED) is 0.622. The van der Waals surface area contributed by atoms with Gasteiger partial charge in [0.05, 0.1) is 12.7 Å². The van der Waals surface area contributed by atoms with Gasteiger partial charge in [0, 0.05) is 11.6 Å². The van der Waals surface area contributed by atoms with Gasteiger partial charge in [-0.25, -0.2) is 0 Å². The number of halogens is 1. The maximum Gasteiger partial charge on any atom is 0.127 e. The van der Waals surface area contributed by atoms with Crippen LogP contribution in [0, 0.1) is 0 Å². The molecule has 3 aromatic carbocycles. The summed E-state index contributed by atoms with van der Waals surface area (Å²) in [6.07, 6.45) is -0.182. The van der Waals surface area contributed by atoms with Gasteiger partial charge in [-0.15, -0.1) is 0 Å². The molecule has 0 saturated carbocycles. The summed E-state index contributed by atoms with van der Waals surface area (Å²) in [6.45, 7) is 0.871. The van der Waals surface area contributed by atoms with E-state index in [9.17, 15) is 0 Å². The van der Waals surface area contributed by atoms with Crippen LogP contribution in [0.2, 0.25) is 5.02 Å². The monoisotopic (exact) mass is 353 g/mol. The molecule has 0 aliphatic rings. The molecule has 0 amide bonds. The highest BCUT2D eigenvalue weighted by molar-refractivity contribution is 6.30. The molecule has 0 heterocycles. The molecule has 4 heteroatoms. The number of nitrogens with two attached hydrogens (primary N) is 1. The molecule has 0 aliphatic carbocycles. The fourth-order valence-electron chi connectivity index (χ4n) is 2.48. The normalized spacial score (nSPS) is 11.9. The molecule has 0 spiro atoms. The van der Waals surface area contributed by atoms with E-state index in [0.717, 1.165) is 22.6 Å². The van der Waals surface area contributed by atoms with Crippen LogP contribution in [0.4, 0.5) is 0 Å². The summed E-state index contributed by atoms with van der Waals surface area (Å²) in [7, 11) is 0. The Morgan fingerprint density at radius 3 is 2.24 bits per heavy atom. The zero-order valence-corrected chi connectivity index (χ0v) is 14.5. The number of ether oxygens (including phenoxy) is 2. The lowest BCUT2D eigenvalue weighted by atomic mass is 10.1. The number of para-hydroxylation sites is 1. The lowest BCUT2D eigenvalue weighted by molar-refractivity contribution is 0.0456. The van der Waals surface area contributed by atoms with Crippen molar-refractivity contribution in [2.24, 2.45) is 5.73 Å². The molecule has 0 radical (unpaired) electrons. The molecule has 0 fully saturated rings. The summed E-state index contributed by atoms with van der Waals surface area (Å²) >= 11 is 6.04. The van der Waals surface area contributed by atoms with Gasteiger partial charge in [-0.3, -0.25) is 0 Å². The molecule has 25 heavy (non-hydrogen) atoms. The average molecular weight is 354 g/mol. The molecular formula is C21H20ClNO2. The van der Waals surface area contributed by atoms with E-state index >= 15 is 0 Å². The fourth-order valence-corrected chi connectivity index (χ4v) is 2.68. The topological polar surface area (TPSA) is 44.5 Å². The zero-order chi connectivity index (χ0) is 17.5. The molecule has 0 aliphatic heterocycles. The molecule has 0 unspecified atom stereocenters. The van der Waals surface area contributed by atoms with Gasteiger partial charge in [-0.1, -0.05) is 54.1 Å². The van der Waals surface area contributed by atoms with Gasteiger partial charge in [-0.05, 0) is 47.5 Å². The maximum absolute atomic E-state index is 6.04. The van der Waals surface area contributed by atoms with Crippen molar-refractivity contribution in [3.8, 4) is 11.5 Å². The molecule has 0 saturated heterocycles. The highest BCUT2D eigenvalue weighted by Gasteiger charge is 2.11. The molecule has 1 atom stereocenters. The Morgan fingerprint density at radius 2 is 1.56 bits per heavy atom. The SMILES string of the molecule is NC[C@H](OCc1ccc(Oc2ccccc2)cc1)c1cccc(Cl)c1.